The van der Waals surface area contributed by atoms with E-state index in [-0.39, 0.29) is 5.91 Å². The fourth-order valence-electron chi connectivity index (χ4n) is 3.76. The predicted molar refractivity (Wildman–Crippen MR) is 116 cm³/mol. The number of carbonyl (C=O) groups excluding carboxylic acids is 1. The summed E-state index contributed by atoms with van der Waals surface area (Å²) in [5.41, 5.74) is 5.90. The number of H-pyrrole nitrogens is 1. The number of benzene rings is 2. The number of amides is 1. The van der Waals surface area contributed by atoms with Gasteiger partial charge in [-0.3, -0.25) is 9.78 Å². The zero-order valence-electron chi connectivity index (χ0n) is 16.5. The van der Waals surface area contributed by atoms with Crippen molar-refractivity contribution in [2.45, 2.75) is 19.3 Å². The van der Waals surface area contributed by atoms with Gasteiger partial charge in [-0.2, -0.15) is 0 Å². The minimum Gasteiger partial charge on any atom is -0.457 e. The summed E-state index contributed by atoms with van der Waals surface area (Å²) < 4.78 is 5.91. The van der Waals surface area contributed by atoms with Crippen LogP contribution >= 0.6 is 0 Å². The molecule has 0 bridgehead atoms. The van der Waals surface area contributed by atoms with Crippen molar-refractivity contribution in [2.75, 3.05) is 12.4 Å². The lowest BCUT2D eigenvalue weighted by Crippen LogP contribution is -2.18. The molecule has 7 nitrogen and oxygen atoms in total. The number of rotatable bonds is 5. The Morgan fingerprint density at radius 3 is 2.80 bits per heavy atom. The third kappa shape index (κ3) is 3.57. The highest BCUT2D eigenvalue weighted by Crippen LogP contribution is 2.28. The fourth-order valence-corrected chi connectivity index (χ4v) is 3.76. The molecule has 2 aromatic heterocycles. The Balaban J connectivity index is 1.36. The highest BCUT2D eigenvalue weighted by Gasteiger charge is 2.12. The predicted octanol–water partition coefficient (Wildman–Crippen LogP) is 4.34. The van der Waals surface area contributed by atoms with Crippen molar-refractivity contribution >= 4 is 28.6 Å². The van der Waals surface area contributed by atoms with Crippen LogP contribution in [0.1, 0.15) is 28.0 Å². The van der Waals surface area contributed by atoms with Crippen molar-refractivity contribution in [3.8, 4) is 11.5 Å². The molecular weight excluding hydrogens is 378 g/mol. The molecule has 5 rings (SSSR count). The van der Waals surface area contributed by atoms with Gasteiger partial charge in [0.1, 0.15) is 17.2 Å². The van der Waals surface area contributed by atoms with Crippen LogP contribution in [0.25, 0.3) is 11.0 Å². The largest absolute Gasteiger partial charge is 0.457 e. The molecule has 0 saturated carbocycles. The van der Waals surface area contributed by atoms with Gasteiger partial charge in [0.05, 0.1) is 11.0 Å². The standard InChI is InChI=1S/C23H21N5O2/c1-24-22(29)21-13-18(9-10-25-21)30-17-7-8-19-20(12-17)28-23(27-19)26-16-6-5-14-3-2-4-15(14)11-16/h5-13H,2-4H2,1H3,(H,24,29)(H2,26,27,28). The number of aryl methyl sites for hydroxylation is 2. The Hall–Kier alpha value is -3.87. The topological polar surface area (TPSA) is 91.9 Å². The number of pyridine rings is 1. The number of imidazole rings is 1. The molecule has 2 aromatic carbocycles. The van der Waals surface area contributed by atoms with Crippen LogP contribution in [0.3, 0.4) is 0 Å². The number of fused-ring (bicyclic) bond motifs is 2. The Kier molecular flexibility index (Phi) is 4.55. The van der Waals surface area contributed by atoms with Crippen molar-refractivity contribution in [2.24, 2.45) is 0 Å². The minimum absolute atomic E-state index is 0.258. The van der Waals surface area contributed by atoms with Crippen LogP contribution < -0.4 is 15.4 Å². The average Bonchev–Trinajstić information content (AvgIpc) is 3.39. The molecule has 4 aromatic rings. The molecule has 0 aliphatic heterocycles. The number of nitrogens with zero attached hydrogens (tertiary/aromatic N) is 2. The van der Waals surface area contributed by atoms with Gasteiger partial charge in [-0.15, -0.1) is 0 Å². The second-order valence-electron chi connectivity index (χ2n) is 7.28. The lowest BCUT2D eigenvalue weighted by Gasteiger charge is -2.06. The first-order chi connectivity index (χ1) is 14.7. The fraction of sp³-hybridized carbons (Fsp3) is 0.174. The number of hydrogen-bond acceptors (Lipinski definition) is 5. The van der Waals surface area contributed by atoms with Gasteiger partial charge < -0.3 is 20.4 Å². The molecule has 30 heavy (non-hydrogen) atoms. The number of aromatic nitrogens is 3. The van der Waals surface area contributed by atoms with Gasteiger partial charge in [-0.25, -0.2) is 4.98 Å². The third-order valence-corrected chi connectivity index (χ3v) is 5.24. The maximum Gasteiger partial charge on any atom is 0.269 e. The maximum atomic E-state index is 11.8. The number of aromatic amines is 1. The first-order valence-corrected chi connectivity index (χ1v) is 9.92. The Morgan fingerprint density at radius 2 is 1.90 bits per heavy atom. The zero-order chi connectivity index (χ0) is 20.5. The number of nitrogens with one attached hydrogen (secondary N) is 3. The molecule has 150 valence electrons. The molecule has 1 aliphatic rings. The second-order valence-corrected chi connectivity index (χ2v) is 7.28. The van der Waals surface area contributed by atoms with E-state index in [1.807, 2.05) is 18.2 Å². The zero-order valence-corrected chi connectivity index (χ0v) is 16.5. The highest BCUT2D eigenvalue weighted by molar-refractivity contribution is 5.92. The summed E-state index contributed by atoms with van der Waals surface area (Å²) in [6.45, 7) is 0. The molecule has 0 atom stereocenters. The first-order valence-electron chi connectivity index (χ1n) is 9.92. The maximum absolute atomic E-state index is 11.8. The van der Waals surface area contributed by atoms with Crippen molar-refractivity contribution in [1.82, 2.24) is 20.3 Å². The smallest absolute Gasteiger partial charge is 0.269 e. The van der Waals surface area contributed by atoms with Crippen LogP contribution in [0, 0.1) is 0 Å². The van der Waals surface area contributed by atoms with Crippen molar-refractivity contribution < 1.29 is 9.53 Å². The molecular formula is C23H21N5O2. The number of carbonyl (C=O) groups is 1. The molecule has 0 fully saturated rings. The van der Waals surface area contributed by atoms with E-state index in [2.05, 4.69) is 43.8 Å². The second kappa shape index (κ2) is 7.51. The molecule has 1 amide bonds. The third-order valence-electron chi connectivity index (χ3n) is 5.24. The molecule has 0 unspecified atom stereocenters. The lowest BCUT2D eigenvalue weighted by atomic mass is 10.1. The summed E-state index contributed by atoms with van der Waals surface area (Å²) in [6, 6.07) is 15.5. The molecule has 0 radical (unpaired) electrons. The SMILES string of the molecule is CNC(=O)c1cc(Oc2ccc3nc(Nc4ccc5c(c4)CCC5)[nH]c3c2)ccn1. The first kappa shape index (κ1) is 18.2. The van der Waals surface area contributed by atoms with E-state index in [9.17, 15) is 4.79 Å². The van der Waals surface area contributed by atoms with Gasteiger partial charge >= 0.3 is 0 Å². The normalized spacial score (nSPS) is 12.6. The number of hydrogen-bond donors (Lipinski definition) is 3. The summed E-state index contributed by atoms with van der Waals surface area (Å²) in [5, 5.41) is 5.91. The summed E-state index contributed by atoms with van der Waals surface area (Å²) >= 11 is 0. The van der Waals surface area contributed by atoms with Crippen LogP contribution in [0.2, 0.25) is 0 Å². The van der Waals surface area contributed by atoms with E-state index in [1.54, 1.807) is 25.4 Å². The van der Waals surface area contributed by atoms with Crippen LogP contribution in [-0.2, 0) is 12.8 Å². The minimum atomic E-state index is -0.258. The number of anilines is 2. The van der Waals surface area contributed by atoms with E-state index in [0.29, 0.717) is 23.1 Å². The monoisotopic (exact) mass is 399 g/mol. The highest BCUT2D eigenvalue weighted by atomic mass is 16.5. The molecule has 3 N–H and O–H groups in total. The van der Waals surface area contributed by atoms with E-state index in [0.717, 1.165) is 23.1 Å². The number of ether oxygens (including phenoxy) is 1. The van der Waals surface area contributed by atoms with E-state index >= 15 is 0 Å². The van der Waals surface area contributed by atoms with Gasteiger partial charge in [0.25, 0.3) is 5.91 Å². The van der Waals surface area contributed by atoms with Crippen LogP contribution in [0.4, 0.5) is 11.6 Å². The summed E-state index contributed by atoms with van der Waals surface area (Å²) in [7, 11) is 1.57. The van der Waals surface area contributed by atoms with Gasteiger partial charge in [0, 0.05) is 31.1 Å². The van der Waals surface area contributed by atoms with Crippen molar-refractivity contribution in [1.29, 1.82) is 0 Å². The summed E-state index contributed by atoms with van der Waals surface area (Å²) in [5.74, 6) is 1.61. The molecule has 0 spiro atoms. The molecule has 1 aliphatic carbocycles. The van der Waals surface area contributed by atoms with Gasteiger partial charge in [-0.05, 0) is 60.7 Å². The Morgan fingerprint density at radius 1 is 1.03 bits per heavy atom. The Bertz CT molecular complexity index is 1250. The van der Waals surface area contributed by atoms with Gasteiger partial charge in [0.2, 0.25) is 5.95 Å². The lowest BCUT2D eigenvalue weighted by molar-refractivity contribution is 0.0958. The van der Waals surface area contributed by atoms with Crippen LogP contribution in [0.5, 0.6) is 11.5 Å². The van der Waals surface area contributed by atoms with Crippen LogP contribution in [-0.4, -0.2) is 27.9 Å². The average molecular weight is 399 g/mol. The quantitative estimate of drug-likeness (QED) is 0.464. The van der Waals surface area contributed by atoms with E-state index in [4.69, 9.17) is 4.74 Å². The molecule has 2 heterocycles. The molecule has 7 heteroatoms. The summed E-state index contributed by atoms with van der Waals surface area (Å²) in [4.78, 5) is 23.7. The van der Waals surface area contributed by atoms with Crippen molar-refractivity contribution in [3.63, 3.8) is 0 Å². The summed E-state index contributed by atoms with van der Waals surface area (Å²) in [6.07, 6.45) is 5.09. The molecule has 0 saturated heterocycles. The van der Waals surface area contributed by atoms with Gasteiger partial charge in [0.15, 0.2) is 0 Å². The Labute approximate surface area is 173 Å². The van der Waals surface area contributed by atoms with Crippen molar-refractivity contribution in [3.05, 3.63) is 71.5 Å². The van der Waals surface area contributed by atoms with Crippen LogP contribution in [0.15, 0.2) is 54.7 Å². The van der Waals surface area contributed by atoms with E-state index < -0.39 is 0 Å². The van der Waals surface area contributed by atoms with Gasteiger partial charge in [-0.1, -0.05) is 6.07 Å². The van der Waals surface area contributed by atoms with E-state index in [1.165, 1.54) is 24.0 Å².